The van der Waals surface area contributed by atoms with Crippen molar-refractivity contribution in [3.05, 3.63) is 114 Å². The molecule has 32 nitrogen and oxygen atoms in total. The number of nitrogens with one attached hydrogen (secondary N) is 8. The zero-order valence-corrected chi connectivity index (χ0v) is 83.7. The minimum atomic E-state index is -2.96. The normalized spacial score (nSPS) is 23.4. The molecule has 14 heterocycles. The molecule has 734 valence electrons. The van der Waals surface area contributed by atoms with Crippen molar-refractivity contribution in [3.8, 4) is 41.8 Å². The number of aliphatic hydroxyl groups excluding tert-OH is 4. The molecule has 12 N–H and O–H groups in total. The Kier molecular flexibility index (Phi) is 33.1. The van der Waals surface area contributed by atoms with E-state index in [-0.39, 0.29) is 146 Å². The predicted octanol–water partition coefficient (Wildman–Crippen LogP) is 15.2. The number of amides is 8. The summed E-state index contributed by atoms with van der Waals surface area (Å²) in [5.74, 6) is -2.31. The number of alkyl halides is 2. The summed E-state index contributed by atoms with van der Waals surface area (Å²) in [6, 6.07) is 8.57. The Bertz CT molecular complexity index is 5630. The van der Waals surface area contributed by atoms with Crippen LogP contribution in [-0.4, -0.2) is 256 Å². The van der Waals surface area contributed by atoms with Crippen LogP contribution >= 0.6 is 45.3 Å². The zero-order chi connectivity index (χ0) is 97.6. The van der Waals surface area contributed by atoms with Gasteiger partial charge in [-0.05, 0) is 264 Å². The van der Waals surface area contributed by atoms with Gasteiger partial charge in [0.1, 0.15) is 46.0 Å². The molecule has 0 radical (unpaired) electrons. The number of pyridine rings is 4. The standard InChI is InChI=1S/C25H33F2N5O3S.2C25H33N5O3S.C23H33N5O3S/c1-5-14(3)29-19-8-13(2)18(11-28-19)21-20(24(35)32-12-25(26,27)10-15(32)4)31-23(36-21)22(34)30-16-6-7-17(33)9-16;1-13(2)27-20-10-14(3)19(12-26-20)22-21(25(33)30-16-5-6-17(30)8-7-16)29-24(34-22)23(32)28-15-4-9-18(31)11-15;1-4-14(3)27-20-11-13(2)17(12-26-20)22-21(25(33)30-15-5-6-16(30)8-7-15)29-24(34-22)23(32)28-18-9-10-19(18)31;1-6-16(12-29)26-21(30)22-27-19(23(31)28-9-7-8-15(28)5)20(32-22)17-11-24-18(10-14(17)4)25-13(2)3/h8,11,14-17,33H,5-7,9-10,12H2,1-4H3,(H,28,29)(H,30,34);10,12-13,15-18,31H,4-9,11H2,1-3H3,(H,26,27)(H,28,32);11-12,14-16,18-19,31H,4-10H2,1-3H3,(H,26,27)(H,28,32);10-11,13,15-16,29H,6-9,12H2,1-5H3,(H,24,25)(H,26,30)/t14-,15+,16-,17-;15-,16?,17?,18-;14-,15?,16?,18+,19+;15-,16-/m1010/s1. The van der Waals surface area contributed by atoms with Crippen LogP contribution < -0.4 is 42.5 Å². The number of hydrogen-bond donors (Lipinski definition) is 12. The number of aromatic nitrogens is 8. The van der Waals surface area contributed by atoms with Gasteiger partial charge in [0.25, 0.3) is 53.2 Å². The van der Waals surface area contributed by atoms with Crippen LogP contribution in [0.1, 0.15) is 321 Å². The molecule has 0 unspecified atom stereocenters. The summed E-state index contributed by atoms with van der Waals surface area (Å²) in [7, 11) is 0. The highest BCUT2D eigenvalue weighted by atomic mass is 32.1. The van der Waals surface area contributed by atoms with E-state index in [0.717, 1.165) is 163 Å². The summed E-state index contributed by atoms with van der Waals surface area (Å²) < 4.78 is 28.1. The lowest BCUT2D eigenvalue weighted by Gasteiger charge is -2.32. The van der Waals surface area contributed by atoms with Crippen LogP contribution in [0.5, 0.6) is 0 Å². The number of aliphatic hydroxyl groups is 4. The first-order chi connectivity index (χ1) is 64.9. The number of aryl methyl sites for hydroxylation is 4. The van der Waals surface area contributed by atoms with E-state index in [2.05, 4.69) is 117 Å². The number of anilines is 4. The molecule has 136 heavy (non-hydrogen) atoms. The van der Waals surface area contributed by atoms with E-state index in [0.29, 0.717) is 106 Å². The molecule has 17 rings (SSSR count). The molecular weight excluding hydrogens is 1820 g/mol. The van der Waals surface area contributed by atoms with Gasteiger partial charge < -0.3 is 82.6 Å². The highest BCUT2D eigenvalue weighted by Crippen LogP contribution is 2.46. The van der Waals surface area contributed by atoms with Crippen molar-refractivity contribution in [1.82, 2.24) is 80.7 Å². The Morgan fingerprint density at radius 3 is 1.08 bits per heavy atom. The minimum absolute atomic E-state index is 0.0197. The summed E-state index contributed by atoms with van der Waals surface area (Å²) in [5, 5.41) is 64.6. The number of carbonyl (C=O) groups is 8. The van der Waals surface area contributed by atoms with Crippen LogP contribution in [0, 0.1) is 27.7 Å². The molecule has 38 heteroatoms. The third-order valence-electron chi connectivity index (χ3n) is 27.5. The van der Waals surface area contributed by atoms with Crippen molar-refractivity contribution >= 4 is 116 Å². The van der Waals surface area contributed by atoms with Gasteiger partial charge >= 0.3 is 0 Å². The van der Waals surface area contributed by atoms with Gasteiger partial charge in [0, 0.05) is 133 Å². The summed E-state index contributed by atoms with van der Waals surface area (Å²) in [4.78, 5) is 152. The van der Waals surface area contributed by atoms with E-state index in [1.54, 1.807) is 31.7 Å². The van der Waals surface area contributed by atoms with Gasteiger partial charge in [-0.15, -0.1) is 45.3 Å². The Morgan fingerprint density at radius 1 is 0.441 bits per heavy atom. The number of nitrogens with zero attached hydrogens (tertiary/aromatic N) is 12. The largest absolute Gasteiger partial charge is 0.394 e. The molecule has 4 bridgehead atoms. The number of carbonyl (C=O) groups excluding carboxylic acids is 8. The molecule has 3 saturated carbocycles. The number of hydrogen-bond acceptors (Lipinski definition) is 28. The molecule has 6 saturated heterocycles. The lowest BCUT2D eigenvalue weighted by molar-refractivity contribution is 0.0117. The molecule has 0 spiro atoms. The van der Waals surface area contributed by atoms with Crippen molar-refractivity contribution in [2.45, 2.75) is 354 Å². The highest BCUT2D eigenvalue weighted by molar-refractivity contribution is 7.18. The predicted molar refractivity (Wildman–Crippen MR) is 526 cm³/mol. The average Bonchev–Trinajstić information content (AvgIpc) is 1.60. The third-order valence-corrected chi connectivity index (χ3v) is 31.8. The summed E-state index contributed by atoms with van der Waals surface area (Å²) >= 11 is 4.73. The fourth-order valence-electron chi connectivity index (χ4n) is 19.4. The van der Waals surface area contributed by atoms with Crippen LogP contribution in [0.3, 0.4) is 0 Å². The molecule has 3 aliphatic carbocycles. The number of rotatable bonds is 28. The second-order valence-electron chi connectivity index (χ2n) is 38.8. The maximum atomic E-state index is 14.1. The number of halogens is 2. The molecule has 8 aromatic heterocycles. The van der Waals surface area contributed by atoms with Gasteiger partial charge in [-0.25, -0.2) is 48.7 Å². The van der Waals surface area contributed by atoms with Crippen molar-refractivity contribution in [2.75, 3.05) is 41.0 Å². The van der Waals surface area contributed by atoms with E-state index in [9.17, 15) is 67.6 Å². The van der Waals surface area contributed by atoms with Crippen molar-refractivity contribution in [1.29, 1.82) is 0 Å². The SMILES string of the molecule is CC[C@@H](C)Nc1cc(C)c(-c2sc(C(=O)N[C@@H]3CC[C@@H](O)C3)nc2C(=O)N2CC(F)(F)C[C@@H]2C)cn1.CC[C@@H](C)Nc1cc(C)c(-c2sc(C(=O)N[C@H]3CC[C@@H]3O)nc2C(=O)N2C3CCC2CC3)cn1.CC[C@@H](CO)NC(=O)c1nc(C(=O)N2CCC[C@@H]2C)c(-c2cnc(NC(C)C)cc2C)s1.Cc1cc(NC(C)C)ncc1-c1sc(C(=O)N[C@H]2CC[C@H](O)C2)nc1C(=O)N1C2CCC1CC2. The summed E-state index contributed by atoms with van der Waals surface area (Å²) in [6.45, 7) is 29.8. The summed E-state index contributed by atoms with van der Waals surface area (Å²) in [5.41, 5.74) is 7.76. The second kappa shape index (κ2) is 44.3. The molecule has 0 aromatic carbocycles. The molecule has 9 fully saturated rings. The average molecular weight is 1950 g/mol. The fraction of sp³-hybridized carbons (Fsp3) is 0.592. The molecular formula is C98H132F2N20O12S4. The van der Waals surface area contributed by atoms with E-state index < -0.39 is 49.0 Å². The second-order valence-corrected chi connectivity index (χ2v) is 42.8. The molecule has 11 atom stereocenters. The van der Waals surface area contributed by atoms with Crippen molar-refractivity contribution < 1.29 is 67.6 Å². The van der Waals surface area contributed by atoms with Crippen LogP contribution in [0.2, 0.25) is 0 Å². The van der Waals surface area contributed by atoms with Gasteiger partial charge in [-0.1, -0.05) is 20.8 Å². The van der Waals surface area contributed by atoms with E-state index in [1.165, 1.54) is 34.0 Å². The van der Waals surface area contributed by atoms with E-state index >= 15 is 0 Å². The number of likely N-dealkylation sites (tertiary alicyclic amines) is 2. The van der Waals surface area contributed by atoms with Crippen molar-refractivity contribution in [2.24, 2.45) is 0 Å². The number of fused-ring (bicyclic) bond motifs is 4. The van der Waals surface area contributed by atoms with Crippen molar-refractivity contribution in [3.63, 3.8) is 0 Å². The topological polar surface area (TPSA) is 430 Å². The molecule has 6 aliphatic heterocycles. The Hall–Kier alpha value is -10.2. The first kappa shape index (κ1) is 102. The highest BCUT2D eigenvalue weighted by Gasteiger charge is 2.49. The van der Waals surface area contributed by atoms with Crippen LogP contribution in [0.25, 0.3) is 41.8 Å². The minimum Gasteiger partial charge on any atom is -0.394 e. The first-order valence-corrected chi connectivity index (χ1v) is 51.6. The maximum Gasteiger partial charge on any atom is 0.280 e. The maximum absolute atomic E-state index is 14.1. The Labute approximate surface area is 809 Å². The Morgan fingerprint density at radius 2 is 0.794 bits per heavy atom. The monoisotopic (exact) mass is 1950 g/mol. The van der Waals surface area contributed by atoms with Gasteiger partial charge in [0.15, 0.2) is 20.0 Å². The zero-order valence-electron chi connectivity index (χ0n) is 80.4. The smallest absolute Gasteiger partial charge is 0.280 e. The fourth-order valence-corrected chi connectivity index (χ4v) is 23.5. The van der Waals surface area contributed by atoms with Gasteiger partial charge in [0.05, 0.1) is 63.1 Å². The lowest BCUT2D eigenvalue weighted by Crippen LogP contribution is -2.50. The summed E-state index contributed by atoms with van der Waals surface area (Å²) in [6.07, 6.45) is 23.1. The number of thiazole rings is 4. The van der Waals surface area contributed by atoms with E-state index in [1.807, 2.05) is 101 Å². The van der Waals surface area contributed by atoms with E-state index in [4.69, 9.17) is 0 Å². The molecule has 9 aliphatic rings. The lowest BCUT2D eigenvalue weighted by atomic mass is 9.89. The van der Waals surface area contributed by atoms with Gasteiger partial charge in [-0.3, -0.25) is 38.4 Å². The van der Waals surface area contributed by atoms with Gasteiger partial charge in [-0.2, -0.15) is 0 Å². The molecule has 8 amide bonds. The third kappa shape index (κ3) is 23.7. The van der Waals surface area contributed by atoms with Crippen LogP contribution in [0.4, 0.5) is 32.1 Å². The van der Waals surface area contributed by atoms with Crippen LogP contribution in [0.15, 0.2) is 49.1 Å². The quantitative estimate of drug-likeness (QED) is 0.0217. The van der Waals surface area contributed by atoms with Gasteiger partial charge in [0.2, 0.25) is 0 Å². The Balaban J connectivity index is 0.000000145. The van der Waals surface area contributed by atoms with Crippen LogP contribution in [-0.2, 0) is 0 Å². The first-order valence-electron chi connectivity index (χ1n) is 48.4. The molecule has 8 aromatic rings.